The average molecular weight is 725 g/mol. The van der Waals surface area contributed by atoms with Crippen LogP contribution in [-0.4, -0.2) is 93.1 Å². The molecule has 49 heavy (non-hydrogen) atoms. The zero-order valence-electron chi connectivity index (χ0n) is 31.3. The predicted octanol–water partition coefficient (Wildman–Crippen LogP) is 5.42. The van der Waals surface area contributed by atoms with Gasteiger partial charge in [0.2, 0.25) is 6.41 Å². The van der Waals surface area contributed by atoms with Crippen molar-refractivity contribution in [1.29, 1.82) is 0 Å². The molecule has 3 unspecified atom stereocenters. The van der Waals surface area contributed by atoms with Gasteiger partial charge in [0.25, 0.3) is 5.56 Å². The number of aldehydes is 1. The Bertz CT molecular complexity index is 1270. The van der Waals surface area contributed by atoms with E-state index >= 15 is 0 Å². The number of H-pyrrole nitrogens is 1. The van der Waals surface area contributed by atoms with Crippen LogP contribution >= 0.6 is 0 Å². The van der Waals surface area contributed by atoms with Gasteiger partial charge in [0, 0.05) is 44.9 Å². The molecule has 2 heterocycles. The van der Waals surface area contributed by atoms with Gasteiger partial charge in [-0.2, -0.15) is 0 Å². The first-order valence-corrected chi connectivity index (χ1v) is 17.4. The summed E-state index contributed by atoms with van der Waals surface area (Å²) >= 11 is 0. The average Bonchev–Trinajstić information content (AvgIpc) is 3.47. The van der Waals surface area contributed by atoms with Crippen LogP contribution in [0.5, 0.6) is 5.75 Å². The molecule has 11 nitrogen and oxygen atoms in total. The number of likely N-dealkylation sites (tertiary alicyclic amines) is 1. The molecule has 1 radical (unpaired) electrons. The fourth-order valence-corrected chi connectivity index (χ4v) is 5.98. The maximum Gasteiger partial charge on any atom is 0.270 e. The maximum absolute atomic E-state index is 12.3. The van der Waals surface area contributed by atoms with Crippen molar-refractivity contribution in [3.05, 3.63) is 34.2 Å². The second kappa shape index (κ2) is 25.4. The molecule has 277 valence electrons. The van der Waals surface area contributed by atoms with Crippen LogP contribution < -0.4 is 15.6 Å². The van der Waals surface area contributed by atoms with Crippen LogP contribution in [0.1, 0.15) is 98.1 Å². The topological polar surface area (TPSA) is 140 Å². The van der Waals surface area contributed by atoms with E-state index < -0.39 is 0 Å². The molecule has 2 aromatic rings. The molecule has 2 fully saturated rings. The predicted molar refractivity (Wildman–Crippen MR) is 191 cm³/mol. The number of likely N-dealkylation sites (N-methyl/N-ethyl adjacent to an activating group) is 1. The largest absolute Gasteiger partial charge is 0.540 e. The van der Waals surface area contributed by atoms with Crippen LogP contribution in [0, 0.1) is 11.3 Å². The van der Waals surface area contributed by atoms with E-state index in [0.29, 0.717) is 24.1 Å². The van der Waals surface area contributed by atoms with Crippen molar-refractivity contribution < 1.29 is 47.1 Å². The summed E-state index contributed by atoms with van der Waals surface area (Å²) in [6.45, 7) is 10.6. The number of methoxy groups -OCH3 is 3. The fourth-order valence-electron chi connectivity index (χ4n) is 5.98. The van der Waals surface area contributed by atoms with E-state index in [9.17, 15) is 19.2 Å². The Hall–Kier alpha value is -2.57. The molecular weight excluding hydrogens is 663 g/mol. The Kier molecular flexibility index (Phi) is 24.1. The second-order valence-corrected chi connectivity index (χ2v) is 13.2. The van der Waals surface area contributed by atoms with Gasteiger partial charge in [-0.15, -0.1) is 0 Å². The molecule has 1 saturated carbocycles. The van der Waals surface area contributed by atoms with Crippen molar-refractivity contribution in [3.63, 3.8) is 0 Å². The zero-order valence-corrected chi connectivity index (χ0v) is 32.6. The third kappa shape index (κ3) is 15.9. The van der Waals surface area contributed by atoms with Gasteiger partial charge in [-0.3, -0.25) is 9.59 Å². The van der Waals surface area contributed by atoms with E-state index in [2.05, 4.69) is 15.3 Å². The molecule has 2 N–H and O–H groups in total. The molecule has 1 aromatic heterocycles. The molecular formula is C37H61N4O7V-. The number of carbonyl (C=O) groups is 2. The number of benzene rings is 1. The number of aromatic nitrogens is 2. The van der Waals surface area contributed by atoms with Crippen molar-refractivity contribution in [2.75, 3.05) is 34.9 Å². The monoisotopic (exact) mass is 724 g/mol. The first kappa shape index (κ1) is 46.4. The maximum atomic E-state index is 12.3. The second-order valence-electron chi connectivity index (χ2n) is 13.2. The Labute approximate surface area is 305 Å². The summed E-state index contributed by atoms with van der Waals surface area (Å²) in [6.07, 6.45) is 15.2. The van der Waals surface area contributed by atoms with Gasteiger partial charge in [0.05, 0.1) is 30.3 Å². The van der Waals surface area contributed by atoms with Crippen molar-refractivity contribution in [2.45, 2.75) is 123 Å². The molecule has 1 amide bonds. The summed E-state index contributed by atoms with van der Waals surface area (Å²) < 4.78 is 15.9. The molecule has 1 saturated heterocycles. The van der Waals surface area contributed by atoms with Crippen LogP contribution in [0.2, 0.25) is 0 Å². The number of hydrogen-bond donors (Lipinski definition) is 2. The van der Waals surface area contributed by atoms with Crippen LogP contribution in [0.15, 0.2) is 23.0 Å². The third-order valence-electron chi connectivity index (χ3n) is 8.93. The molecule has 12 heteroatoms. The number of hydrogen-bond acceptors (Lipinski definition) is 9. The van der Waals surface area contributed by atoms with E-state index in [1.807, 2.05) is 78.2 Å². The number of carbonyl (C=O) groups excluding carboxylic acids is 3. The molecule has 5 atom stereocenters. The van der Waals surface area contributed by atoms with Crippen molar-refractivity contribution in [2.24, 2.45) is 11.3 Å². The van der Waals surface area contributed by atoms with Gasteiger partial charge >= 0.3 is 0 Å². The summed E-state index contributed by atoms with van der Waals surface area (Å²) in [7, 11) is 7.00. The summed E-state index contributed by atoms with van der Waals surface area (Å²) in [4.78, 5) is 52.3. The van der Waals surface area contributed by atoms with E-state index in [1.165, 1.54) is 38.5 Å². The quantitative estimate of drug-likeness (QED) is 0.157. The SMILES string of the molecule is CC.CC(C)(C)[C@@H](C=O)NC=O.COC1CCN(C)C1[C-]=O.COc1ccc2nc(CCCCCC3CCCC[C@H]3OC)c(=O)[nH]c2c1.[V]. The number of aromatic amines is 1. The summed E-state index contributed by atoms with van der Waals surface area (Å²) in [5.74, 6) is 1.44. The summed E-state index contributed by atoms with van der Waals surface area (Å²) in [5.41, 5.74) is 1.89. The smallest absolute Gasteiger partial charge is 0.270 e. The van der Waals surface area contributed by atoms with Gasteiger partial charge in [-0.05, 0) is 75.6 Å². The zero-order chi connectivity index (χ0) is 36.1. The van der Waals surface area contributed by atoms with Gasteiger partial charge < -0.3 is 39.0 Å². The minimum absolute atomic E-state index is 0. The summed E-state index contributed by atoms with van der Waals surface area (Å²) in [5, 5.41) is 2.42. The van der Waals surface area contributed by atoms with Crippen molar-refractivity contribution in [3.8, 4) is 5.75 Å². The normalized spacial score (nSPS) is 20.8. The molecule has 0 spiro atoms. The Morgan fingerprint density at radius 1 is 1.04 bits per heavy atom. The Morgan fingerprint density at radius 3 is 2.24 bits per heavy atom. The Morgan fingerprint density at radius 2 is 1.71 bits per heavy atom. The van der Waals surface area contributed by atoms with E-state index in [0.717, 1.165) is 55.3 Å². The first-order valence-electron chi connectivity index (χ1n) is 17.4. The number of unbranched alkanes of at least 4 members (excludes halogenated alkanes) is 2. The number of rotatable bonds is 13. The van der Waals surface area contributed by atoms with E-state index in [-0.39, 0.29) is 47.7 Å². The molecule has 1 aromatic carbocycles. The van der Waals surface area contributed by atoms with Gasteiger partial charge in [-0.25, -0.2) is 11.3 Å². The summed E-state index contributed by atoms with van der Waals surface area (Å²) in [6, 6.07) is 5.04. The minimum atomic E-state index is -0.384. The number of fused-ring (bicyclic) bond motifs is 1. The number of nitrogens with one attached hydrogen (secondary N) is 2. The number of ether oxygens (including phenoxy) is 3. The van der Waals surface area contributed by atoms with Gasteiger partial charge in [0.15, 0.2) is 0 Å². The first-order chi connectivity index (χ1) is 23.0. The number of aryl methyl sites for hydroxylation is 1. The van der Waals surface area contributed by atoms with E-state index in [4.69, 9.17) is 14.2 Å². The van der Waals surface area contributed by atoms with Crippen LogP contribution in [0.25, 0.3) is 11.0 Å². The minimum Gasteiger partial charge on any atom is -0.540 e. The fraction of sp³-hybridized carbons (Fsp3) is 0.703. The number of amides is 1. The standard InChI is InChI=1S/C21H30N2O3.C7H12NO2.C7H13NO2.C2H6.V/c1-25-16-12-13-17-19(14-16)23-21(24)18(22-17)10-5-3-4-8-15-9-6-7-11-20(15)26-2;1-8-4-3-7(10-2)6(8)5-9;1-7(2,3)6(4-9)8-5-10;1-2;/h12-15,20H,3-11H2,1-2H3,(H,23,24);6-7H,3-4H2,1-2H3;4-6H,1-3H3,(H,8,10);1-2H3;/q;-1;;;/t15?,20-;;6-;;/m1.1../s1. The van der Waals surface area contributed by atoms with Crippen LogP contribution in [-0.2, 0) is 48.8 Å². The molecule has 1 aliphatic carbocycles. The molecule has 4 rings (SSSR count). The van der Waals surface area contributed by atoms with Crippen LogP contribution in [0.3, 0.4) is 0 Å². The Balaban J connectivity index is 0.000000828. The number of nitrogens with zero attached hydrogens (tertiary/aromatic N) is 2. The molecule has 1 aliphatic heterocycles. The third-order valence-corrected chi connectivity index (χ3v) is 8.93. The van der Waals surface area contributed by atoms with E-state index in [1.54, 1.807) is 14.2 Å². The van der Waals surface area contributed by atoms with Gasteiger partial charge in [0.1, 0.15) is 17.7 Å². The van der Waals surface area contributed by atoms with Gasteiger partial charge in [-0.1, -0.05) is 66.3 Å². The van der Waals surface area contributed by atoms with Crippen LogP contribution in [0.4, 0.5) is 0 Å². The molecule has 2 aliphatic rings. The van der Waals surface area contributed by atoms with Crippen molar-refractivity contribution >= 4 is 30.0 Å². The van der Waals surface area contributed by atoms with Crippen molar-refractivity contribution in [1.82, 2.24) is 20.2 Å². The molecule has 0 bridgehead atoms.